The number of phenolic OH excluding ortho intramolecular Hbond substituents is 1. The first-order valence-corrected chi connectivity index (χ1v) is 6.61. The van der Waals surface area contributed by atoms with Crippen molar-refractivity contribution in [3.63, 3.8) is 0 Å². The van der Waals surface area contributed by atoms with E-state index in [1.54, 1.807) is 12.1 Å². The molecule has 1 aromatic rings. The zero-order valence-corrected chi connectivity index (χ0v) is 10.9. The molecule has 110 valence electrons. The highest BCUT2D eigenvalue weighted by Gasteiger charge is 2.41. The lowest BCUT2D eigenvalue weighted by molar-refractivity contribution is 0.00499. The summed E-state index contributed by atoms with van der Waals surface area (Å²) in [4.78, 5) is 12.2. The van der Waals surface area contributed by atoms with Crippen LogP contribution in [0.25, 0.3) is 5.57 Å². The number of nitrogens with one attached hydrogen (secondary N) is 1. The molecule has 3 aliphatic rings. The van der Waals surface area contributed by atoms with Crippen molar-refractivity contribution < 1.29 is 29.6 Å². The standard InChI is InChI=1S/C14H13NO6/c16-7-2-1-5-6-3-8-13(21-4-20-8)12(18)9(6)14(19)15-10(5)11(7)17/h1,3,7,10-11,16-18H,2,4H2,(H,15,19)/t7-,10-,11-/m1/s1. The fraction of sp³-hybridized carbons (Fsp3) is 0.357. The largest absolute Gasteiger partial charge is 0.504 e. The van der Waals surface area contributed by atoms with E-state index in [9.17, 15) is 20.1 Å². The van der Waals surface area contributed by atoms with Gasteiger partial charge in [0.2, 0.25) is 12.5 Å². The van der Waals surface area contributed by atoms with Crippen LogP contribution in [0.15, 0.2) is 12.1 Å². The predicted molar refractivity (Wildman–Crippen MR) is 70.1 cm³/mol. The topological polar surface area (TPSA) is 108 Å². The van der Waals surface area contributed by atoms with Gasteiger partial charge in [0.15, 0.2) is 11.5 Å². The van der Waals surface area contributed by atoms with E-state index in [2.05, 4.69) is 5.32 Å². The summed E-state index contributed by atoms with van der Waals surface area (Å²) >= 11 is 0. The average Bonchev–Trinajstić information content (AvgIpc) is 2.92. The molecule has 0 aromatic heterocycles. The summed E-state index contributed by atoms with van der Waals surface area (Å²) in [7, 11) is 0. The molecule has 21 heavy (non-hydrogen) atoms. The van der Waals surface area contributed by atoms with Crippen molar-refractivity contribution in [2.75, 3.05) is 6.79 Å². The second-order valence-corrected chi connectivity index (χ2v) is 5.29. The zero-order chi connectivity index (χ0) is 14.7. The number of amides is 1. The highest BCUT2D eigenvalue weighted by atomic mass is 16.7. The van der Waals surface area contributed by atoms with Crippen LogP contribution in [0.3, 0.4) is 0 Å². The Labute approximate surface area is 119 Å². The molecule has 1 aromatic carbocycles. The van der Waals surface area contributed by atoms with Gasteiger partial charge in [-0.15, -0.1) is 0 Å². The lowest BCUT2D eigenvalue weighted by atomic mass is 9.80. The Morgan fingerprint density at radius 2 is 2.10 bits per heavy atom. The highest BCUT2D eigenvalue weighted by Crippen LogP contribution is 2.48. The van der Waals surface area contributed by atoms with Crippen molar-refractivity contribution in [2.45, 2.75) is 24.7 Å². The van der Waals surface area contributed by atoms with Gasteiger partial charge in [0.25, 0.3) is 5.91 Å². The molecule has 7 heteroatoms. The van der Waals surface area contributed by atoms with Gasteiger partial charge in [0.1, 0.15) is 6.10 Å². The molecule has 0 saturated carbocycles. The van der Waals surface area contributed by atoms with Crippen molar-refractivity contribution >= 4 is 11.5 Å². The molecule has 2 aliphatic heterocycles. The van der Waals surface area contributed by atoms with Gasteiger partial charge in [-0.05, 0) is 23.6 Å². The van der Waals surface area contributed by atoms with Gasteiger partial charge in [0.05, 0.1) is 17.7 Å². The Hall–Kier alpha value is -2.25. The lowest BCUT2D eigenvalue weighted by Crippen LogP contribution is -2.53. The van der Waals surface area contributed by atoms with E-state index in [0.717, 1.165) is 0 Å². The summed E-state index contributed by atoms with van der Waals surface area (Å²) in [5, 5.41) is 32.6. The van der Waals surface area contributed by atoms with E-state index in [-0.39, 0.29) is 30.3 Å². The Kier molecular flexibility index (Phi) is 2.45. The van der Waals surface area contributed by atoms with Gasteiger partial charge in [-0.1, -0.05) is 6.08 Å². The number of carbonyl (C=O) groups is 1. The maximum atomic E-state index is 12.2. The van der Waals surface area contributed by atoms with Gasteiger partial charge in [-0.2, -0.15) is 0 Å². The maximum Gasteiger partial charge on any atom is 0.256 e. The lowest BCUT2D eigenvalue weighted by Gasteiger charge is -2.37. The normalized spacial score (nSPS) is 29.3. The first kappa shape index (κ1) is 12.5. The number of benzene rings is 1. The Morgan fingerprint density at radius 1 is 1.29 bits per heavy atom. The fourth-order valence-electron chi connectivity index (χ4n) is 3.06. The number of fused-ring (bicyclic) bond motifs is 4. The Balaban J connectivity index is 1.94. The minimum absolute atomic E-state index is 0.0166. The summed E-state index contributed by atoms with van der Waals surface area (Å²) < 4.78 is 10.4. The molecule has 1 aliphatic carbocycles. The molecule has 0 bridgehead atoms. The van der Waals surface area contributed by atoms with Gasteiger partial charge in [0, 0.05) is 0 Å². The van der Waals surface area contributed by atoms with Crippen molar-refractivity contribution in [3.8, 4) is 17.2 Å². The van der Waals surface area contributed by atoms with Crippen LogP contribution in [0.5, 0.6) is 17.2 Å². The summed E-state index contributed by atoms with van der Waals surface area (Å²) in [5.74, 6) is -0.269. The van der Waals surface area contributed by atoms with E-state index in [1.165, 1.54) is 0 Å². The highest BCUT2D eigenvalue weighted by molar-refractivity contribution is 6.07. The maximum absolute atomic E-state index is 12.2. The molecule has 0 fully saturated rings. The molecule has 0 radical (unpaired) electrons. The quantitative estimate of drug-likeness (QED) is 0.524. The Morgan fingerprint density at radius 3 is 2.90 bits per heavy atom. The number of aliphatic hydroxyl groups excluding tert-OH is 2. The third-order valence-electron chi connectivity index (χ3n) is 4.11. The van der Waals surface area contributed by atoms with Crippen LogP contribution in [0.4, 0.5) is 0 Å². The SMILES string of the molecule is O=C1N[C@@H]2C(=CC[C@@H](O)[C@H]2O)c2cc3c(c(O)c21)OCO3. The summed E-state index contributed by atoms with van der Waals surface area (Å²) in [6.45, 7) is -0.0166. The molecule has 4 rings (SSSR count). The van der Waals surface area contributed by atoms with E-state index < -0.39 is 24.2 Å². The number of ether oxygens (including phenoxy) is 2. The predicted octanol–water partition coefficient (Wildman–Crippen LogP) is -0.258. The summed E-state index contributed by atoms with van der Waals surface area (Å²) in [6.07, 6.45) is 0.0114. The molecule has 0 saturated heterocycles. The second kappa shape index (κ2) is 4.12. The van der Waals surface area contributed by atoms with Gasteiger partial charge < -0.3 is 30.1 Å². The van der Waals surface area contributed by atoms with Crippen molar-refractivity contribution in [1.29, 1.82) is 0 Å². The smallest absolute Gasteiger partial charge is 0.256 e. The van der Waals surface area contributed by atoms with E-state index >= 15 is 0 Å². The van der Waals surface area contributed by atoms with Crippen molar-refractivity contribution in [1.82, 2.24) is 5.32 Å². The number of aromatic hydroxyl groups is 1. The van der Waals surface area contributed by atoms with Crippen molar-refractivity contribution in [2.24, 2.45) is 0 Å². The molecule has 7 nitrogen and oxygen atoms in total. The molecular weight excluding hydrogens is 278 g/mol. The number of phenols is 1. The number of aliphatic hydroxyl groups is 2. The molecule has 3 atom stereocenters. The van der Waals surface area contributed by atoms with Crippen LogP contribution in [0.2, 0.25) is 0 Å². The van der Waals surface area contributed by atoms with Crippen LogP contribution < -0.4 is 14.8 Å². The van der Waals surface area contributed by atoms with Gasteiger partial charge in [-0.25, -0.2) is 0 Å². The number of carbonyl (C=O) groups excluding carboxylic acids is 1. The van der Waals surface area contributed by atoms with Gasteiger partial charge in [-0.3, -0.25) is 4.79 Å². The van der Waals surface area contributed by atoms with Gasteiger partial charge >= 0.3 is 0 Å². The first-order valence-electron chi connectivity index (χ1n) is 6.61. The van der Waals surface area contributed by atoms with Crippen LogP contribution in [-0.2, 0) is 0 Å². The summed E-state index contributed by atoms with van der Waals surface area (Å²) in [6, 6.07) is 0.924. The van der Waals surface area contributed by atoms with Crippen LogP contribution in [0.1, 0.15) is 22.3 Å². The number of rotatable bonds is 0. The number of hydrogen-bond donors (Lipinski definition) is 4. The van der Waals surface area contributed by atoms with E-state index in [4.69, 9.17) is 9.47 Å². The summed E-state index contributed by atoms with van der Waals surface area (Å²) in [5.41, 5.74) is 1.26. The zero-order valence-electron chi connectivity index (χ0n) is 10.9. The minimum Gasteiger partial charge on any atom is -0.504 e. The molecule has 1 amide bonds. The third-order valence-corrected chi connectivity index (χ3v) is 4.11. The molecule has 2 heterocycles. The monoisotopic (exact) mass is 291 g/mol. The fourth-order valence-corrected chi connectivity index (χ4v) is 3.06. The average molecular weight is 291 g/mol. The molecule has 0 spiro atoms. The van der Waals surface area contributed by atoms with E-state index in [0.29, 0.717) is 16.9 Å². The number of hydrogen-bond acceptors (Lipinski definition) is 6. The first-order chi connectivity index (χ1) is 10.1. The molecular formula is C14H13NO6. The van der Waals surface area contributed by atoms with Crippen LogP contribution in [0, 0.1) is 0 Å². The van der Waals surface area contributed by atoms with Crippen molar-refractivity contribution in [3.05, 3.63) is 23.3 Å². The minimum atomic E-state index is -1.09. The second-order valence-electron chi connectivity index (χ2n) is 5.29. The third kappa shape index (κ3) is 1.58. The Bertz CT molecular complexity index is 683. The van der Waals surface area contributed by atoms with Crippen LogP contribution in [-0.4, -0.2) is 46.3 Å². The van der Waals surface area contributed by atoms with Crippen LogP contribution >= 0.6 is 0 Å². The molecule has 4 N–H and O–H groups in total. The molecule has 0 unspecified atom stereocenters. The van der Waals surface area contributed by atoms with E-state index in [1.807, 2.05) is 0 Å².